The molecule has 0 aromatic carbocycles. The van der Waals surface area contributed by atoms with E-state index in [0.29, 0.717) is 5.56 Å². The van der Waals surface area contributed by atoms with E-state index in [9.17, 15) is 9.18 Å². The molecule has 6 heteroatoms. The van der Waals surface area contributed by atoms with Crippen molar-refractivity contribution < 1.29 is 14.3 Å². The fraction of sp³-hybridized carbons (Fsp3) is 0.250. The van der Waals surface area contributed by atoms with Crippen LogP contribution in [0.5, 0.6) is 0 Å². The second-order valence-electron chi connectivity index (χ2n) is 2.77. The van der Waals surface area contributed by atoms with Gasteiger partial charge in [0.15, 0.2) is 0 Å². The molecule has 1 atom stereocenters. The minimum absolute atomic E-state index is 0.0718. The highest BCUT2D eigenvalue weighted by Crippen LogP contribution is 2.14. The summed E-state index contributed by atoms with van der Waals surface area (Å²) in [4.78, 5) is 13.7. The highest BCUT2D eigenvalue weighted by molar-refractivity contribution is 6.30. The van der Waals surface area contributed by atoms with Crippen LogP contribution in [0.4, 0.5) is 4.39 Å². The van der Waals surface area contributed by atoms with E-state index in [2.05, 4.69) is 4.98 Å². The number of aliphatic carboxylic acids is 1. The van der Waals surface area contributed by atoms with Crippen LogP contribution in [0.15, 0.2) is 12.3 Å². The van der Waals surface area contributed by atoms with Crippen molar-refractivity contribution in [3.8, 4) is 0 Å². The fourth-order valence-electron chi connectivity index (χ4n) is 0.914. The van der Waals surface area contributed by atoms with E-state index >= 15 is 0 Å². The van der Waals surface area contributed by atoms with Crippen LogP contribution in [0.25, 0.3) is 0 Å². The standard InChI is InChI=1S/C8H8ClFN2O2/c9-5-1-4(3-12-7(5)10)2-6(11)8(13)14/h1,3,6H,2,11H2,(H,13,14)/t6-/m1/s1. The Morgan fingerprint density at radius 2 is 2.43 bits per heavy atom. The lowest BCUT2D eigenvalue weighted by Gasteiger charge is -2.05. The molecule has 0 saturated carbocycles. The molecule has 0 aliphatic heterocycles. The van der Waals surface area contributed by atoms with Gasteiger partial charge >= 0.3 is 5.97 Å². The maximum atomic E-state index is 12.6. The first-order chi connectivity index (χ1) is 6.50. The molecule has 0 saturated heterocycles. The lowest BCUT2D eigenvalue weighted by atomic mass is 10.1. The van der Waals surface area contributed by atoms with Crippen LogP contribution in [-0.2, 0) is 11.2 Å². The molecule has 0 aliphatic carbocycles. The minimum atomic E-state index is -1.12. The molecule has 0 spiro atoms. The number of rotatable bonds is 3. The van der Waals surface area contributed by atoms with E-state index in [4.69, 9.17) is 22.4 Å². The summed E-state index contributed by atoms with van der Waals surface area (Å²) < 4.78 is 12.6. The van der Waals surface area contributed by atoms with Gasteiger partial charge in [0, 0.05) is 6.20 Å². The van der Waals surface area contributed by atoms with Gasteiger partial charge in [0.1, 0.15) is 6.04 Å². The Labute approximate surface area is 84.5 Å². The first-order valence-corrected chi connectivity index (χ1v) is 4.17. The molecule has 0 unspecified atom stereocenters. The van der Waals surface area contributed by atoms with Crippen LogP contribution in [0, 0.1) is 5.95 Å². The van der Waals surface area contributed by atoms with Crippen LogP contribution >= 0.6 is 11.6 Å². The Balaban J connectivity index is 2.78. The zero-order valence-electron chi connectivity index (χ0n) is 7.08. The van der Waals surface area contributed by atoms with Crippen molar-refractivity contribution in [1.82, 2.24) is 4.98 Å². The van der Waals surface area contributed by atoms with Gasteiger partial charge in [-0.05, 0) is 18.1 Å². The third-order valence-electron chi connectivity index (χ3n) is 1.63. The summed E-state index contributed by atoms with van der Waals surface area (Å²) in [7, 11) is 0. The van der Waals surface area contributed by atoms with Gasteiger partial charge in [-0.25, -0.2) is 4.98 Å². The minimum Gasteiger partial charge on any atom is -0.480 e. The molecule has 0 fully saturated rings. The van der Waals surface area contributed by atoms with Crippen molar-refractivity contribution in [2.75, 3.05) is 0 Å². The summed E-state index contributed by atoms with van der Waals surface area (Å²) in [6, 6.07) is 0.283. The van der Waals surface area contributed by atoms with E-state index in [1.165, 1.54) is 12.3 Å². The van der Waals surface area contributed by atoms with Crippen molar-refractivity contribution in [3.63, 3.8) is 0 Å². The number of aromatic nitrogens is 1. The number of carbonyl (C=O) groups is 1. The molecule has 1 aromatic rings. The van der Waals surface area contributed by atoms with Gasteiger partial charge in [-0.2, -0.15) is 4.39 Å². The summed E-state index contributed by atoms with van der Waals surface area (Å²) in [5.41, 5.74) is 5.76. The van der Waals surface area contributed by atoms with Gasteiger partial charge < -0.3 is 10.8 Å². The summed E-state index contributed by atoms with van der Waals surface area (Å²) >= 11 is 5.45. The summed E-state index contributed by atoms with van der Waals surface area (Å²) in [6.45, 7) is 0. The molecular weight excluding hydrogens is 211 g/mol. The summed E-state index contributed by atoms with van der Waals surface area (Å²) in [6.07, 6.45) is 1.28. The molecule has 1 rings (SSSR count). The Morgan fingerprint density at radius 3 is 2.93 bits per heavy atom. The van der Waals surface area contributed by atoms with Crippen LogP contribution < -0.4 is 5.73 Å². The average molecular weight is 219 g/mol. The van der Waals surface area contributed by atoms with E-state index in [0.717, 1.165) is 0 Å². The molecule has 0 radical (unpaired) electrons. The normalized spacial score (nSPS) is 12.5. The first kappa shape index (κ1) is 10.9. The lowest BCUT2D eigenvalue weighted by molar-refractivity contribution is -0.138. The molecule has 1 aromatic heterocycles. The predicted molar refractivity (Wildman–Crippen MR) is 48.5 cm³/mol. The zero-order valence-corrected chi connectivity index (χ0v) is 7.83. The van der Waals surface area contributed by atoms with Crippen LogP contribution in [0.1, 0.15) is 5.56 Å². The third-order valence-corrected chi connectivity index (χ3v) is 1.89. The quantitative estimate of drug-likeness (QED) is 0.737. The monoisotopic (exact) mass is 218 g/mol. The highest BCUT2D eigenvalue weighted by Gasteiger charge is 2.13. The number of carboxylic acid groups (broad SMARTS) is 1. The smallest absolute Gasteiger partial charge is 0.320 e. The maximum Gasteiger partial charge on any atom is 0.320 e. The molecule has 1 heterocycles. The van der Waals surface area contributed by atoms with Crippen LogP contribution in [0.3, 0.4) is 0 Å². The van der Waals surface area contributed by atoms with Crippen molar-refractivity contribution >= 4 is 17.6 Å². The Bertz CT molecular complexity index is 359. The molecule has 76 valence electrons. The number of carboxylic acids is 1. The van der Waals surface area contributed by atoms with Crippen molar-refractivity contribution in [2.45, 2.75) is 12.5 Å². The van der Waals surface area contributed by atoms with E-state index in [1.807, 2.05) is 0 Å². The maximum absolute atomic E-state index is 12.6. The topological polar surface area (TPSA) is 76.2 Å². The van der Waals surface area contributed by atoms with Gasteiger partial charge in [0.05, 0.1) is 5.02 Å². The SMILES string of the molecule is N[C@H](Cc1cnc(F)c(Cl)c1)C(=O)O. The van der Waals surface area contributed by atoms with Crippen molar-refractivity contribution in [1.29, 1.82) is 0 Å². The second-order valence-corrected chi connectivity index (χ2v) is 3.17. The van der Waals surface area contributed by atoms with Crippen LogP contribution in [0.2, 0.25) is 5.02 Å². The fourth-order valence-corrected chi connectivity index (χ4v) is 1.10. The molecular formula is C8H8ClFN2O2. The molecule has 0 aliphatic rings. The number of nitrogens with zero attached hydrogens (tertiary/aromatic N) is 1. The number of pyridine rings is 1. The van der Waals surface area contributed by atoms with Crippen molar-refractivity contribution in [3.05, 3.63) is 28.8 Å². The highest BCUT2D eigenvalue weighted by atomic mass is 35.5. The van der Waals surface area contributed by atoms with Gasteiger partial charge in [-0.1, -0.05) is 11.6 Å². The lowest BCUT2D eigenvalue weighted by Crippen LogP contribution is -2.32. The van der Waals surface area contributed by atoms with Gasteiger partial charge in [-0.15, -0.1) is 0 Å². The molecule has 0 amide bonds. The first-order valence-electron chi connectivity index (χ1n) is 3.79. The molecule has 0 bridgehead atoms. The predicted octanol–water partition coefficient (Wildman–Crippen LogP) is 0.829. The third kappa shape index (κ3) is 2.65. The number of hydrogen-bond donors (Lipinski definition) is 2. The largest absolute Gasteiger partial charge is 0.480 e. The molecule has 4 nitrogen and oxygen atoms in total. The zero-order chi connectivity index (χ0) is 10.7. The Hall–Kier alpha value is -1.20. The van der Waals surface area contributed by atoms with E-state index < -0.39 is 18.0 Å². The van der Waals surface area contributed by atoms with E-state index in [-0.39, 0.29) is 11.4 Å². The number of hydrogen-bond acceptors (Lipinski definition) is 3. The number of nitrogens with two attached hydrogens (primary N) is 1. The van der Waals surface area contributed by atoms with Gasteiger partial charge in [0.25, 0.3) is 0 Å². The molecule has 14 heavy (non-hydrogen) atoms. The number of halogens is 2. The van der Waals surface area contributed by atoms with Crippen LogP contribution in [-0.4, -0.2) is 22.1 Å². The van der Waals surface area contributed by atoms with Gasteiger partial charge in [-0.3, -0.25) is 4.79 Å². The Morgan fingerprint density at radius 1 is 1.79 bits per heavy atom. The average Bonchev–Trinajstić information content (AvgIpc) is 2.11. The summed E-state index contributed by atoms with van der Waals surface area (Å²) in [5.74, 6) is -1.90. The van der Waals surface area contributed by atoms with E-state index in [1.54, 1.807) is 0 Å². The second kappa shape index (κ2) is 4.34. The Kier molecular flexibility index (Phi) is 3.38. The van der Waals surface area contributed by atoms with Crippen molar-refractivity contribution in [2.24, 2.45) is 5.73 Å². The summed E-state index contributed by atoms with van der Waals surface area (Å²) in [5, 5.41) is 8.38. The molecule has 3 N–H and O–H groups in total. The van der Waals surface area contributed by atoms with Gasteiger partial charge in [0.2, 0.25) is 5.95 Å².